The van der Waals surface area contributed by atoms with Gasteiger partial charge in [0.2, 0.25) is 0 Å². The van der Waals surface area contributed by atoms with E-state index in [1.165, 1.54) is 7.11 Å². The molecule has 1 atom stereocenters. The lowest BCUT2D eigenvalue weighted by Gasteiger charge is -2.36. The zero-order valence-corrected chi connectivity index (χ0v) is 17.0. The second kappa shape index (κ2) is 8.34. The zero-order chi connectivity index (χ0) is 19.5. The lowest BCUT2D eigenvalue weighted by Crippen LogP contribution is -2.53. The van der Waals surface area contributed by atoms with Gasteiger partial charge in [0.15, 0.2) is 5.54 Å². The van der Waals surface area contributed by atoms with Crippen molar-refractivity contribution < 1.29 is 9.53 Å². The molecule has 142 valence electrons. The molecule has 1 heterocycles. The number of likely N-dealkylation sites (tertiary alicyclic amines) is 1. The van der Waals surface area contributed by atoms with E-state index in [4.69, 9.17) is 27.9 Å². The summed E-state index contributed by atoms with van der Waals surface area (Å²) in [5.74, 6) is 0.412. The van der Waals surface area contributed by atoms with Gasteiger partial charge in [-0.15, -0.1) is 0 Å². The summed E-state index contributed by atoms with van der Waals surface area (Å²) >= 11 is 12.5. The lowest BCUT2D eigenvalue weighted by molar-refractivity contribution is 0.143. The van der Waals surface area contributed by atoms with Crippen LogP contribution in [0.3, 0.4) is 0 Å². The summed E-state index contributed by atoms with van der Waals surface area (Å²) in [5.41, 5.74) is -0.887. The summed E-state index contributed by atoms with van der Waals surface area (Å²) in [4.78, 5) is 16.6. The molecule has 0 aliphatic carbocycles. The lowest BCUT2D eigenvalue weighted by atomic mass is 9.93. The maximum absolute atomic E-state index is 12.7. The van der Waals surface area contributed by atoms with Gasteiger partial charge in [-0.25, -0.2) is 4.79 Å². The number of rotatable bonds is 4. The fraction of sp³-hybridized carbons (Fsp3) is 0.556. The molecule has 0 aromatic heterocycles. The molecule has 0 bridgehead atoms. The number of methoxy groups -OCH3 is 1. The highest BCUT2D eigenvalue weighted by Gasteiger charge is 2.35. The van der Waals surface area contributed by atoms with Crippen LogP contribution >= 0.6 is 23.2 Å². The van der Waals surface area contributed by atoms with Crippen molar-refractivity contribution in [2.75, 3.05) is 34.3 Å². The molecule has 1 saturated heterocycles. The molecule has 1 unspecified atom stereocenters. The van der Waals surface area contributed by atoms with Crippen LogP contribution in [0.4, 0.5) is 4.79 Å². The number of carbonyl (C=O) groups excluding carboxylic acids is 1. The number of amides is 2. The van der Waals surface area contributed by atoms with Crippen molar-refractivity contribution in [3.05, 3.63) is 27.7 Å². The van der Waals surface area contributed by atoms with Crippen LogP contribution in [0.25, 0.3) is 0 Å². The van der Waals surface area contributed by atoms with Gasteiger partial charge in [0.05, 0.1) is 18.2 Å². The average Bonchev–Trinajstić information content (AvgIpc) is 2.63. The minimum atomic E-state index is -1.32. The predicted molar refractivity (Wildman–Crippen MR) is 103 cm³/mol. The number of ether oxygens (including phenoxy) is 1. The Morgan fingerprint density at radius 3 is 2.54 bits per heavy atom. The van der Waals surface area contributed by atoms with Crippen LogP contribution in [0.15, 0.2) is 12.1 Å². The minimum Gasteiger partial charge on any atom is -0.495 e. The van der Waals surface area contributed by atoms with Crippen LogP contribution < -0.4 is 10.1 Å². The van der Waals surface area contributed by atoms with Crippen LogP contribution in [0.1, 0.15) is 25.3 Å². The number of carbonyl (C=O) groups is 1. The number of halogens is 2. The summed E-state index contributed by atoms with van der Waals surface area (Å²) in [6, 6.07) is 5.25. The Balaban J connectivity index is 2.21. The number of hydrogen-bond donors (Lipinski definition) is 1. The third kappa shape index (κ3) is 4.17. The second-order valence-corrected chi connectivity index (χ2v) is 7.51. The Hall–Kier alpha value is -1.68. The van der Waals surface area contributed by atoms with Crippen molar-refractivity contribution in [2.24, 2.45) is 0 Å². The van der Waals surface area contributed by atoms with E-state index in [0.717, 1.165) is 25.9 Å². The van der Waals surface area contributed by atoms with E-state index in [-0.39, 0.29) is 22.1 Å². The van der Waals surface area contributed by atoms with E-state index in [2.05, 4.69) is 23.3 Å². The standard InChI is InChI=1S/C18H24Cl2N4O2/c1-18(11-21,13-5-6-14(26-4)16(20)15(13)19)22-17(25)24(3)12-7-9-23(2)10-8-12/h5-6,12H,7-10H2,1-4H3,(H,22,25). The van der Waals surface area contributed by atoms with Gasteiger partial charge in [0.25, 0.3) is 0 Å². The highest BCUT2D eigenvalue weighted by Crippen LogP contribution is 2.39. The Morgan fingerprint density at radius 1 is 1.38 bits per heavy atom. The molecule has 6 nitrogen and oxygen atoms in total. The third-order valence-corrected chi connectivity index (χ3v) is 5.81. The first-order chi connectivity index (χ1) is 12.2. The maximum atomic E-state index is 12.7. The fourth-order valence-corrected chi connectivity index (χ4v) is 3.67. The zero-order valence-electron chi connectivity index (χ0n) is 15.5. The van der Waals surface area contributed by atoms with E-state index in [1.54, 1.807) is 31.0 Å². The summed E-state index contributed by atoms with van der Waals surface area (Å²) in [6.07, 6.45) is 1.80. The smallest absolute Gasteiger partial charge is 0.318 e. The molecule has 2 amide bonds. The SMILES string of the molecule is COc1ccc(C(C)(C#N)NC(=O)N(C)C2CCN(C)CC2)c(Cl)c1Cl. The maximum Gasteiger partial charge on any atom is 0.318 e. The summed E-state index contributed by atoms with van der Waals surface area (Å²) in [6.45, 7) is 3.49. The number of nitriles is 1. The van der Waals surface area contributed by atoms with E-state index in [1.807, 2.05) is 0 Å². The quantitative estimate of drug-likeness (QED) is 0.842. The number of piperidine rings is 1. The molecule has 0 saturated carbocycles. The molecule has 1 aliphatic rings. The highest BCUT2D eigenvalue weighted by atomic mass is 35.5. The van der Waals surface area contributed by atoms with Gasteiger partial charge in [-0.05, 0) is 46.0 Å². The monoisotopic (exact) mass is 398 g/mol. The minimum absolute atomic E-state index is 0.143. The van der Waals surface area contributed by atoms with Crippen LogP contribution in [0, 0.1) is 11.3 Å². The topological polar surface area (TPSA) is 68.6 Å². The molecular formula is C18H24Cl2N4O2. The van der Waals surface area contributed by atoms with Gasteiger partial charge >= 0.3 is 6.03 Å². The Morgan fingerprint density at radius 2 is 2.00 bits per heavy atom. The molecule has 1 fully saturated rings. The van der Waals surface area contributed by atoms with Crippen molar-refractivity contribution >= 4 is 29.2 Å². The normalized spacial score (nSPS) is 17.9. The van der Waals surface area contributed by atoms with Crippen molar-refractivity contribution in [1.82, 2.24) is 15.1 Å². The number of nitrogens with zero attached hydrogens (tertiary/aromatic N) is 3. The molecule has 1 aliphatic heterocycles. The van der Waals surface area contributed by atoms with E-state index in [0.29, 0.717) is 11.3 Å². The van der Waals surface area contributed by atoms with Crippen LogP contribution in [0.2, 0.25) is 10.0 Å². The fourth-order valence-electron chi connectivity index (χ4n) is 3.08. The largest absolute Gasteiger partial charge is 0.495 e. The van der Waals surface area contributed by atoms with Crippen LogP contribution in [-0.2, 0) is 5.54 Å². The van der Waals surface area contributed by atoms with Crippen LogP contribution in [-0.4, -0.2) is 56.2 Å². The molecule has 26 heavy (non-hydrogen) atoms. The van der Waals surface area contributed by atoms with Gasteiger partial charge in [0, 0.05) is 18.7 Å². The number of benzene rings is 1. The van der Waals surface area contributed by atoms with Gasteiger partial charge in [-0.1, -0.05) is 29.3 Å². The summed E-state index contributed by atoms with van der Waals surface area (Å²) in [5, 5.41) is 12.9. The molecule has 2 rings (SSSR count). The molecule has 0 spiro atoms. The summed E-state index contributed by atoms with van der Waals surface area (Å²) < 4.78 is 5.14. The molecular weight excluding hydrogens is 375 g/mol. The van der Waals surface area contributed by atoms with Crippen molar-refractivity contribution in [2.45, 2.75) is 31.3 Å². The van der Waals surface area contributed by atoms with Crippen molar-refractivity contribution in [1.29, 1.82) is 5.26 Å². The van der Waals surface area contributed by atoms with E-state index >= 15 is 0 Å². The Kier molecular flexibility index (Phi) is 6.62. The predicted octanol–water partition coefficient (Wildman–Crippen LogP) is 3.48. The van der Waals surface area contributed by atoms with Gasteiger partial charge in [-0.3, -0.25) is 0 Å². The van der Waals surface area contributed by atoms with Gasteiger partial charge < -0.3 is 19.9 Å². The molecule has 8 heteroatoms. The first-order valence-corrected chi connectivity index (χ1v) is 9.16. The second-order valence-electron chi connectivity index (χ2n) is 6.76. The molecule has 0 radical (unpaired) electrons. The number of urea groups is 1. The molecule has 1 N–H and O–H groups in total. The van der Waals surface area contributed by atoms with Gasteiger partial charge in [-0.2, -0.15) is 5.26 Å². The van der Waals surface area contributed by atoms with Gasteiger partial charge in [0.1, 0.15) is 10.8 Å². The first-order valence-electron chi connectivity index (χ1n) is 8.40. The first kappa shape index (κ1) is 20.6. The molecule has 1 aromatic carbocycles. The molecule has 1 aromatic rings. The third-order valence-electron chi connectivity index (χ3n) is 4.94. The van der Waals surface area contributed by atoms with Crippen molar-refractivity contribution in [3.63, 3.8) is 0 Å². The van der Waals surface area contributed by atoms with Crippen molar-refractivity contribution in [3.8, 4) is 11.8 Å². The number of hydrogen-bond acceptors (Lipinski definition) is 4. The Labute approximate surface area is 164 Å². The number of nitrogens with one attached hydrogen (secondary N) is 1. The van der Waals surface area contributed by atoms with E-state index < -0.39 is 5.54 Å². The highest BCUT2D eigenvalue weighted by molar-refractivity contribution is 6.43. The average molecular weight is 399 g/mol. The Bertz CT molecular complexity index is 714. The van der Waals surface area contributed by atoms with E-state index in [9.17, 15) is 10.1 Å². The van der Waals surface area contributed by atoms with Crippen LogP contribution in [0.5, 0.6) is 5.75 Å². The summed E-state index contributed by atoms with van der Waals surface area (Å²) in [7, 11) is 5.31.